The molecule has 3 rings (SSSR count). The molecule has 0 atom stereocenters. The lowest BCUT2D eigenvalue weighted by Crippen LogP contribution is -2.25. The lowest BCUT2D eigenvalue weighted by atomic mass is 10.1. The highest BCUT2D eigenvalue weighted by Crippen LogP contribution is 2.20. The summed E-state index contributed by atoms with van der Waals surface area (Å²) in [6.45, 7) is 0.594. The van der Waals surface area contributed by atoms with E-state index in [0.29, 0.717) is 19.4 Å². The molecule has 26 heavy (non-hydrogen) atoms. The smallest absolute Gasteiger partial charge is 0.220 e. The van der Waals surface area contributed by atoms with Gasteiger partial charge in [0.05, 0.1) is 23.5 Å². The Morgan fingerprint density at radius 3 is 2.77 bits per heavy atom. The predicted molar refractivity (Wildman–Crippen MR) is 103 cm³/mol. The third-order valence-corrected chi connectivity index (χ3v) is 4.86. The summed E-state index contributed by atoms with van der Waals surface area (Å²) in [6.07, 6.45) is 3.57. The Bertz CT molecular complexity index is 849. The maximum Gasteiger partial charge on any atom is 0.220 e. The molecule has 2 heterocycles. The number of thiazole rings is 1. The van der Waals surface area contributed by atoms with E-state index in [1.54, 1.807) is 24.6 Å². The number of carbonyl (C=O) groups excluding carboxylic acids is 1. The average molecular weight is 367 g/mol. The highest BCUT2D eigenvalue weighted by molar-refractivity contribution is 7.09. The summed E-state index contributed by atoms with van der Waals surface area (Å²) in [6, 6.07) is 13.6. The molecule has 0 bridgehead atoms. The van der Waals surface area contributed by atoms with Crippen LogP contribution >= 0.6 is 11.3 Å². The van der Waals surface area contributed by atoms with E-state index in [-0.39, 0.29) is 5.91 Å². The molecule has 0 saturated heterocycles. The van der Waals surface area contributed by atoms with Gasteiger partial charge in [-0.2, -0.15) is 0 Å². The number of nitrogens with one attached hydrogen (secondary N) is 1. The van der Waals surface area contributed by atoms with E-state index >= 15 is 0 Å². The van der Waals surface area contributed by atoms with Crippen LogP contribution in [0.1, 0.15) is 17.0 Å². The quantitative estimate of drug-likeness (QED) is 0.662. The van der Waals surface area contributed by atoms with E-state index in [9.17, 15) is 4.79 Å². The minimum Gasteiger partial charge on any atom is -0.496 e. The molecule has 0 saturated carbocycles. The van der Waals surface area contributed by atoms with Crippen LogP contribution in [0.15, 0.2) is 54.0 Å². The summed E-state index contributed by atoms with van der Waals surface area (Å²) in [5, 5.41) is 5.89. The van der Waals surface area contributed by atoms with E-state index < -0.39 is 0 Å². The second kappa shape index (κ2) is 9.10. The molecule has 0 spiro atoms. The standard InChI is InChI=1S/C20H21N3O2S/c1-25-18-8-3-2-6-15(18)11-13-22-19(24)9-10-20-23-17(14-26-20)16-7-4-5-12-21-16/h2-8,12,14H,9-11,13H2,1H3,(H,22,24). The van der Waals surface area contributed by atoms with Crippen LogP contribution in [0, 0.1) is 0 Å². The van der Waals surface area contributed by atoms with Crippen molar-refractivity contribution in [3.63, 3.8) is 0 Å². The minimum atomic E-state index is 0.0366. The van der Waals surface area contributed by atoms with Gasteiger partial charge in [-0.15, -0.1) is 11.3 Å². The number of hydrogen-bond donors (Lipinski definition) is 1. The van der Waals surface area contributed by atoms with Crippen LogP contribution in [0.4, 0.5) is 0 Å². The lowest BCUT2D eigenvalue weighted by Gasteiger charge is -2.08. The summed E-state index contributed by atoms with van der Waals surface area (Å²) in [5.41, 5.74) is 2.81. The van der Waals surface area contributed by atoms with E-state index in [1.807, 2.05) is 47.8 Å². The van der Waals surface area contributed by atoms with Gasteiger partial charge in [0, 0.05) is 31.0 Å². The molecule has 6 heteroatoms. The summed E-state index contributed by atoms with van der Waals surface area (Å²) < 4.78 is 5.32. The Labute approximate surface area is 157 Å². The second-order valence-electron chi connectivity index (χ2n) is 5.75. The molecular weight excluding hydrogens is 346 g/mol. The number of carbonyl (C=O) groups is 1. The number of aromatic nitrogens is 2. The molecule has 1 N–H and O–H groups in total. The molecule has 3 aromatic rings. The van der Waals surface area contributed by atoms with E-state index in [2.05, 4.69) is 15.3 Å². The number of rotatable bonds is 8. The van der Waals surface area contributed by atoms with Crippen molar-refractivity contribution < 1.29 is 9.53 Å². The molecule has 1 amide bonds. The third kappa shape index (κ3) is 4.89. The Hall–Kier alpha value is -2.73. The van der Waals surface area contributed by atoms with Gasteiger partial charge in [-0.3, -0.25) is 9.78 Å². The summed E-state index contributed by atoms with van der Waals surface area (Å²) in [4.78, 5) is 20.9. The van der Waals surface area contributed by atoms with Crippen molar-refractivity contribution in [3.8, 4) is 17.1 Å². The number of ether oxygens (including phenoxy) is 1. The third-order valence-electron chi connectivity index (χ3n) is 3.95. The summed E-state index contributed by atoms with van der Waals surface area (Å²) >= 11 is 1.56. The number of hydrogen-bond acceptors (Lipinski definition) is 5. The Balaban J connectivity index is 1.44. The SMILES string of the molecule is COc1ccccc1CCNC(=O)CCc1nc(-c2ccccn2)cs1. The largest absolute Gasteiger partial charge is 0.496 e. The summed E-state index contributed by atoms with van der Waals surface area (Å²) in [7, 11) is 1.66. The van der Waals surface area contributed by atoms with Gasteiger partial charge in [0.15, 0.2) is 0 Å². The van der Waals surface area contributed by atoms with Gasteiger partial charge in [0.2, 0.25) is 5.91 Å². The lowest BCUT2D eigenvalue weighted by molar-refractivity contribution is -0.121. The van der Waals surface area contributed by atoms with Gasteiger partial charge >= 0.3 is 0 Å². The number of amides is 1. The zero-order valence-electron chi connectivity index (χ0n) is 14.6. The molecular formula is C20H21N3O2S. The molecule has 0 aliphatic rings. The van der Waals surface area contributed by atoms with Gasteiger partial charge in [-0.05, 0) is 30.2 Å². The monoisotopic (exact) mass is 367 g/mol. The van der Waals surface area contributed by atoms with E-state index in [1.165, 1.54) is 0 Å². The predicted octanol–water partition coefficient (Wildman–Crippen LogP) is 3.51. The topological polar surface area (TPSA) is 64.1 Å². The van der Waals surface area contributed by atoms with Crippen LogP contribution in [0.25, 0.3) is 11.4 Å². The van der Waals surface area contributed by atoms with Crippen LogP contribution in [0.3, 0.4) is 0 Å². The normalized spacial score (nSPS) is 10.5. The minimum absolute atomic E-state index is 0.0366. The fraction of sp³-hybridized carbons (Fsp3) is 0.250. The van der Waals surface area contributed by atoms with Crippen LogP contribution in [-0.4, -0.2) is 29.5 Å². The van der Waals surface area contributed by atoms with Crippen LogP contribution in [0.5, 0.6) is 5.75 Å². The number of pyridine rings is 1. The number of para-hydroxylation sites is 1. The van der Waals surface area contributed by atoms with Crippen molar-refractivity contribution in [2.45, 2.75) is 19.3 Å². The van der Waals surface area contributed by atoms with Gasteiger partial charge < -0.3 is 10.1 Å². The number of nitrogens with zero attached hydrogens (tertiary/aromatic N) is 2. The molecule has 5 nitrogen and oxygen atoms in total. The highest BCUT2D eigenvalue weighted by Gasteiger charge is 2.08. The second-order valence-corrected chi connectivity index (χ2v) is 6.70. The van der Waals surface area contributed by atoms with Crippen molar-refractivity contribution >= 4 is 17.2 Å². The first-order chi connectivity index (χ1) is 12.8. The van der Waals surface area contributed by atoms with E-state index in [0.717, 1.165) is 34.1 Å². The first-order valence-electron chi connectivity index (χ1n) is 8.50. The maximum atomic E-state index is 12.1. The Morgan fingerprint density at radius 1 is 1.12 bits per heavy atom. The first kappa shape index (κ1) is 18.1. The number of methoxy groups -OCH3 is 1. The molecule has 0 radical (unpaired) electrons. The first-order valence-corrected chi connectivity index (χ1v) is 9.38. The molecule has 0 fully saturated rings. The average Bonchev–Trinajstić information content (AvgIpc) is 3.16. The van der Waals surface area contributed by atoms with Crippen LogP contribution in [0.2, 0.25) is 0 Å². The highest BCUT2D eigenvalue weighted by atomic mass is 32.1. The van der Waals surface area contributed by atoms with Crippen molar-refractivity contribution in [1.29, 1.82) is 0 Å². The van der Waals surface area contributed by atoms with Crippen molar-refractivity contribution in [2.24, 2.45) is 0 Å². The molecule has 2 aromatic heterocycles. The Morgan fingerprint density at radius 2 is 1.96 bits per heavy atom. The Kier molecular flexibility index (Phi) is 6.33. The maximum absolute atomic E-state index is 12.1. The molecule has 0 aliphatic heterocycles. The van der Waals surface area contributed by atoms with Crippen molar-refractivity contribution in [3.05, 3.63) is 64.6 Å². The number of aryl methyl sites for hydroxylation is 1. The molecule has 0 unspecified atom stereocenters. The zero-order chi connectivity index (χ0) is 18.2. The van der Waals surface area contributed by atoms with Crippen molar-refractivity contribution in [1.82, 2.24) is 15.3 Å². The zero-order valence-corrected chi connectivity index (χ0v) is 15.5. The molecule has 134 valence electrons. The number of benzene rings is 1. The van der Waals surface area contributed by atoms with Gasteiger partial charge in [-0.1, -0.05) is 24.3 Å². The van der Waals surface area contributed by atoms with Crippen molar-refractivity contribution in [2.75, 3.05) is 13.7 Å². The fourth-order valence-corrected chi connectivity index (χ4v) is 3.40. The van der Waals surface area contributed by atoms with Gasteiger partial charge in [-0.25, -0.2) is 4.98 Å². The fourth-order valence-electron chi connectivity index (χ4n) is 2.61. The van der Waals surface area contributed by atoms with Crippen LogP contribution in [-0.2, 0) is 17.6 Å². The van der Waals surface area contributed by atoms with Crippen LogP contribution < -0.4 is 10.1 Å². The molecule has 0 aliphatic carbocycles. The molecule has 1 aromatic carbocycles. The van der Waals surface area contributed by atoms with E-state index in [4.69, 9.17) is 4.74 Å². The van der Waals surface area contributed by atoms with Gasteiger partial charge in [0.1, 0.15) is 5.75 Å². The summed E-state index contributed by atoms with van der Waals surface area (Å²) in [5.74, 6) is 0.890. The van der Waals surface area contributed by atoms with Gasteiger partial charge in [0.25, 0.3) is 0 Å².